The fourth-order valence-corrected chi connectivity index (χ4v) is 11.0. The number of imidazole rings is 1. The number of aromatic nitrogens is 4. The highest BCUT2D eigenvalue weighted by Crippen LogP contribution is 2.67. The first-order valence-electron chi connectivity index (χ1n) is 13.1. The van der Waals surface area contributed by atoms with E-state index in [4.69, 9.17) is 25.4 Å². The summed E-state index contributed by atoms with van der Waals surface area (Å²) in [6.07, 6.45) is 2.51. The average Bonchev–Trinajstić information content (AvgIpc) is 3.29. The Balaban J connectivity index is 1.25. The first kappa shape index (κ1) is 28.7. The summed E-state index contributed by atoms with van der Waals surface area (Å²) in [5.74, 6) is 1.11. The summed E-state index contributed by atoms with van der Waals surface area (Å²) >= 11 is 6.34. The predicted octanol–water partition coefficient (Wildman–Crippen LogP) is 2.31. The number of aliphatic hydroxyl groups excluding tert-OH is 2. The van der Waals surface area contributed by atoms with E-state index in [1.807, 2.05) is 0 Å². The van der Waals surface area contributed by atoms with Crippen LogP contribution in [0, 0.1) is 16.7 Å². The minimum Gasteiger partial charge on any atom is -0.387 e. The molecule has 2 aromatic heterocycles. The third-order valence-corrected chi connectivity index (χ3v) is 12.1. The van der Waals surface area contributed by atoms with Crippen LogP contribution in [0.2, 0.25) is 5.28 Å². The number of aliphatic hydroxyl groups is 2. The molecule has 5 fully saturated rings. The zero-order chi connectivity index (χ0) is 28.9. The van der Waals surface area contributed by atoms with Gasteiger partial charge < -0.3 is 29.7 Å². The zero-order valence-electron chi connectivity index (χ0n) is 22.0. The molecule has 2 unspecified atom stereocenters. The van der Waals surface area contributed by atoms with Gasteiger partial charge in [0.25, 0.3) is 10.1 Å². The van der Waals surface area contributed by atoms with E-state index in [0.29, 0.717) is 17.3 Å². The lowest BCUT2D eigenvalue weighted by molar-refractivity contribution is -0.0973. The Morgan fingerprint density at radius 2 is 1.85 bits per heavy atom. The summed E-state index contributed by atoms with van der Waals surface area (Å²) in [7, 11) is -9.55. The monoisotopic (exact) mass is 621 g/mol. The Kier molecular flexibility index (Phi) is 6.66. The molecule has 4 saturated carbocycles. The first-order valence-corrected chi connectivity index (χ1v) is 16.8. The average molecular weight is 622 g/mol. The second kappa shape index (κ2) is 9.29. The van der Waals surface area contributed by atoms with Gasteiger partial charge in [0.05, 0.1) is 12.9 Å². The van der Waals surface area contributed by atoms with E-state index in [9.17, 15) is 28.1 Å². The molecule has 4 bridgehead atoms. The van der Waals surface area contributed by atoms with Crippen LogP contribution in [0.4, 0.5) is 5.82 Å². The van der Waals surface area contributed by atoms with Crippen LogP contribution in [-0.2, 0) is 23.9 Å². The highest BCUT2D eigenvalue weighted by molar-refractivity contribution is 7.92. The predicted molar refractivity (Wildman–Crippen MR) is 142 cm³/mol. The van der Waals surface area contributed by atoms with Crippen LogP contribution in [-0.4, -0.2) is 83.5 Å². The molecule has 17 heteroatoms. The number of hydrogen-bond donors (Lipinski definition) is 5. The van der Waals surface area contributed by atoms with Crippen LogP contribution >= 0.6 is 19.2 Å². The van der Waals surface area contributed by atoms with E-state index in [2.05, 4.69) is 34.1 Å². The van der Waals surface area contributed by atoms with Gasteiger partial charge in [0.1, 0.15) is 18.3 Å². The second-order valence-electron chi connectivity index (χ2n) is 12.9. The summed E-state index contributed by atoms with van der Waals surface area (Å²) in [4.78, 5) is 23.0. The lowest BCUT2D eigenvalue weighted by Gasteiger charge is -2.65. The standard InChI is InChI=1S/C23H33ClN5O9PS/c1-21-3-12-4-22(2,7-21)9-23(5-12,8-21)28-17-14-18(27-20(24)26-17)29(10-25-14)19-16(31)15(30)13(38-19)6-37-39(32,33)11-40(34,35)36/h10,12-13,15-16,19,30-31H,3-9,11H2,1-2H3,(H,32,33)(H,26,27,28)(H,34,35,36)/t12-,13-,15?,16+,19-,21+,22-,23-/m1/s1. The van der Waals surface area contributed by atoms with Crippen molar-refractivity contribution >= 4 is 46.3 Å². The zero-order valence-corrected chi connectivity index (χ0v) is 24.4. The Morgan fingerprint density at radius 1 is 1.18 bits per heavy atom. The van der Waals surface area contributed by atoms with Gasteiger partial charge in [-0.3, -0.25) is 13.7 Å². The van der Waals surface area contributed by atoms with Crippen LogP contribution in [0.25, 0.3) is 11.2 Å². The number of ether oxygens (including phenoxy) is 1. The van der Waals surface area contributed by atoms with Crippen LogP contribution in [0.1, 0.15) is 58.6 Å². The fraction of sp³-hybridized carbons (Fsp3) is 0.783. The van der Waals surface area contributed by atoms with Gasteiger partial charge in [0, 0.05) is 5.54 Å². The molecule has 5 N–H and O–H groups in total. The molecule has 0 radical (unpaired) electrons. The highest BCUT2D eigenvalue weighted by atomic mass is 35.5. The van der Waals surface area contributed by atoms with Gasteiger partial charge >= 0.3 is 7.60 Å². The van der Waals surface area contributed by atoms with Gasteiger partial charge in [-0.25, -0.2) is 4.98 Å². The second-order valence-corrected chi connectivity index (χ2v) is 17.0. The Hall–Kier alpha value is -1.42. The molecule has 0 aromatic carbocycles. The molecule has 0 spiro atoms. The van der Waals surface area contributed by atoms with E-state index in [0.717, 1.165) is 19.3 Å². The Morgan fingerprint density at radius 3 is 2.48 bits per heavy atom. The highest BCUT2D eigenvalue weighted by Gasteiger charge is 2.60. The van der Waals surface area contributed by atoms with E-state index < -0.39 is 54.4 Å². The Labute approximate surface area is 235 Å². The van der Waals surface area contributed by atoms with Crippen molar-refractivity contribution in [2.45, 2.75) is 82.5 Å². The Bertz CT molecular complexity index is 1490. The van der Waals surface area contributed by atoms with Crippen molar-refractivity contribution in [3.63, 3.8) is 0 Å². The molecular weight excluding hydrogens is 589 g/mol. The van der Waals surface area contributed by atoms with Gasteiger partial charge in [-0.1, -0.05) is 13.8 Å². The fourth-order valence-electron chi connectivity index (χ4n) is 8.53. The van der Waals surface area contributed by atoms with Gasteiger partial charge in [-0.2, -0.15) is 18.4 Å². The summed E-state index contributed by atoms with van der Waals surface area (Å²) in [5, 5.41) is 24.9. The quantitative estimate of drug-likeness (QED) is 0.163. The smallest absolute Gasteiger partial charge is 0.345 e. The lowest BCUT2D eigenvalue weighted by Crippen LogP contribution is -2.61. The minimum absolute atomic E-state index is 0.0433. The molecular formula is C23H33ClN5O9PS. The van der Waals surface area contributed by atoms with Crippen molar-refractivity contribution in [2.75, 3.05) is 17.4 Å². The topological polar surface area (TPSA) is 206 Å². The van der Waals surface area contributed by atoms with Crippen molar-refractivity contribution in [1.29, 1.82) is 0 Å². The van der Waals surface area contributed by atoms with E-state index >= 15 is 0 Å². The number of rotatable bonds is 8. The maximum absolute atomic E-state index is 12.0. The van der Waals surface area contributed by atoms with Crippen LogP contribution in [0.3, 0.4) is 0 Å². The summed E-state index contributed by atoms with van der Waals surface area (Å²) in [6, 6.07) is 0. The molecule has 2 aromatic rings. The van der Waals surface area contributed by atoms with Gasteiger partial charge in [0.15, 0.2) is 28.7 Å². The molecule has 7 rings (SSSR count). The van der Waals surface area contributed by atoms with Gasteiger partial charge in [0.2, 0.25) is 5.28 Å². The molecule has 9 atom stereocenters. The molecule has 5 aliphatic rings. The van der Waals surface area contributed by atoms with E-state index in [1.54, 1.807) is 0 Å². The van der Waals surface area contributed by atoms with Crippen molar-refractivity contribution in [1.82, 2.24) is 19.5 Å². The molecule has 1 aliphatic heterocycles. The number of anilines is 1. The first-order chi connectivity index (χ1) is 18.5. The summed E-state index contributed by atoms with van der Waals surface area (Å²) in [5.41, 5.74) is -0.501. The number of hydrogen-bond acceptors (Lipinski definition) is 11. The lowest BCUT2D eigenvalue weighted by atomic mass is 9.43. The van der Waals surface area contributed by atoms with Gasteiger partial charge in [-0.05, 0) is 66.9 Å². The molecule has 14 nitrogen and oxygen atoms in total. The molecule has 3 heterocycles. The van der Waals surface area contributed by atoms with Crippen molar-refractivity contribution in [3.05, 3.63) is 11.6 Å². The maximum Gasteiger partial charge on any atom is 0.345 e. The maximum atomic E-state index is 12.0. The van der Waals surface area contributed by atoms with Crippen molar-refractivity contribution in [2.24, 2.45) is 16.7 Å². The van der Waals surface area contributed by atoms with Crippen LogP contribution in [0.5, 0.6) is 0 Å². The molecule has 4 aliphatic carbocycles. The summed E-state index contributed by atoms with van der Waals surface area (Å²) in [6.45, 7) is 4.01. The van der Waals surface area contributed by atoms with Crippen LogP contribution < -0.4 is 5.32 Å². The normalized spacial score (nSPS) is 40.5. The third-order valence-electron chi connectivity index (χ3n) is 8.78. The third kappa shape index (κ3) is 5.29. The number of halogens is 1. The molecule has 0 amide bonds. The van der Waals surface area contributed by atoms with Gasteiger partial charge in [-0.15, -0.1) is 0 Å². The molecule has 40 heavy (non-hydrogen) atoms. The van der Waals surface area contributed by atoms with E-state index in [1.165, 1.54) is 30.2 Å². The number of nitrogens with one attached hydrogen (secondary N) is 1. The molecule has 222 valence electrons. The van der Waals surface area contributed by atoms with Crippen LogP contribution in [0.15, 0.2) is 6.33 Å². The minimum atomic E-state index is -4.79. The molecule has 1 saturated heterocycles. The van der Waals surface area contributed by atoms with Crippen molar-refractivity contribution < 1.29 is 41.9 Å². The van der Waals surface area contributed by atoms with Crippen molar-refractivity contribution in [3.8, 4) is 0 Å². The SMILES string of the molecule is C[C@]12C[C@@H]3C[C@](C)(C1)C[C@@](Nc1nc(Cl)nc4c1ncn4[C@@H]1O[C@H](COP(=O)(O)CS(=O)(=O)O)C(O)[C@@H]1O)(C3)C2. The van der Waals surface area contributed by atoms with E-state index in [-0.39, 0.29) is 27.3 Å². The number of fused-ring (bicyclic) bond motifs is 1. The summed E-state index contributed by atoms with van der Waals surface area (Å²) < 4.78 is 54.6. The number of nitrogens with zero attached hydrogens (tertiary/aromatic N) is 4. The largest absolute Gasteiger partial charge is 0.387 e.